The Kier molecular flexibility index (Phi) is 4.74. The molecule has 3 aromatic rings. The Morgan fingerprint density at radius 2 is 1.96 bits per heavy atom. The number of rotatable bonds is 4. The van der Waals surface area contributed by atoms with E-state index in [1.165, 1.54) is 0 Å². The molecule has 4 nitrogen and oxygen atoms in total. The van der Waals surface area contributed by atoms with E-state index in [0.717, 1.165) is 41.3 Å². The van der Waals surface area contributed by atoms with Crippen molar-refractivity contribution in [1.82, 2.24) is 9.97 Å². The predicted molar refractivity (Wildman–Crippen MR) is 106 cm³/mol. The second-order valence-corrected chi connectivity index (χ2v) is 7.26. The number of benzene rings is 2. The first kappa shape index (κ1) is 17.2. The van der Waals surface area contributed by atoms with Crippen LogP contribution in [0, 0.1) is 4.77 Å². The molecule has 4 rings (SSSR count). The molecule has 0 aliphatic carbocycles. The summed E-state index contributed by atoms with van der Waals surface area (Å²) in [6.45, 7) is 2.18. The first-order chi connectivity index (χ1) is 12.7. The lowest BCUT2D eigenvalue weighted by Gasteiger charge is -2.32. The molecule has 2 N–H and O–H groups in total. The lowest BCUT2D eigenvalue weighted by molar-refractivity contribution is -0.0109. The maximum absolute atomic E-state index is 12.7. The average molecular weight is 366 g/mol. The van der Waals surface area contributed by atoms with Crippen LogP contribution >= 0.6 is 12.2 Å². The van der Waals surface area contributed by atoms with E-state index in [4.69, 9.17) is 17.0 Å². The van der Waals surface area contributed by atoms with E-state index in [9.17, 15) is 4.79 Å². The summed E-state index contributed by atoms with van der Waals surface area (Å²) in [6, 6.07) is 14.4. The van der Waals surface area contributed by atoms with Crippen molar-refractivity contribution in [3.05, 3.63) is 74.4 Å². The normalized spacial score (nSPS) is 19.4. The van der Waals surface area contributed by atoms with Gasteiger partial charge in [-0.3, -0.25) is 9.78 Å². The Hall–Kier alpha value is -2.24. The molecule has 0 fully saturated rings. The van der Waals surface area contributed by atoms with Crippen molar-refractivity contribution < 1.29 is 4.74 Å². The lowest BCUT2D eigenvalue weighted by atomic mass is 9.91. The van der Waals surface area contributed by atoms with Gasteiger partial charge in [0.2, 0.25) is 0 Å². The van der Waals surface area contributed by atoms with Gasteiger partial charge in [0.25, 0.3) is 5.56 Å². The molecule has 2 aromatic carbocycles. The van der Waals surface area contributed by atoms with E-state index >= 15 is 0 Å². The van der Waals surface area contributed by atoms with E-state index in [2.05, 4.69) is 41.2 Å². The van der Waals surface area contributed by atoms with E-state index in [1.807, 2.05) is 18.2 Å². The zero-order valence-corrected chi connectivity index (χ0v) is 15.6. The summed E-state index contributed by atoms with van der Waals surface area (Å²) in [5.41, 5.74) is 2.43. The maximum atomic E-state index is 12.7. The molecule has 0 bridgehead atoms. The van der Waals surface area contributed by atoms with Crippen LogP contribution in [0.5, 0.6) is 0 Å². The zero-order valence-electron chi connectivity index (χ0n) is 14.7. The number of unbranched alkanes of at least 4 members (excludes halogenated alkanes) is 1. The van der Waals surface area contributed by atoms with Crippen molar-refractivity contribution in [1.29, 1.82) is 0 Å². The third kappa shape index (κ3) is 3.13. The fourth-order valence-electron chi connectivity index (χ4n) is 3.83. The second kappa shape index (κ2) is 7.17. The first-order valence-electron chi connectivity index (χ1n) is 9.16. The van der Waals surface area contributed by atoms with Crippen LogP contribution in [-0.4, -0.2) is 16.1 Å². The molecule has 0 radical (unpaired) electrons. The number of fused-ring (bicyclic) bond motifs is 2. The average Bonchev–Trinajstić information content (AvgIpc) is 2.64. The van der Waals surface area contributed by atoms with Crippen molar-refractivity contribution in [2.45, 2.75) is 44.8 Å². The first-order valence-corrected chi connectivity index (χ1v) is 9.56. The molecule has 0 saturated heterocycles. The quantitative estimate of drug-likeness (QED) is 0.652. The standard InChI is InChI=1S/C21H22N2O2S/c1-2-3-9-14-12-17-18(20(24)23-21(26)22-17)19(25-14)16-11-6-8-13-7-4-5-10-15(13)16/h4-8,10-11,14,19H,2-3,9,12H2,1H3,(H2,22,23,24,26). The van der Waals surface area contributed by atoms with Gasteiger partial charge in [0.15, 0.2) is 4.77 Å². The minimum absolute atomic E-state index is 0.0823. The van der Waals surface area contributed by atoms with Gasteiger partial charge in [-0.1, -0.05) is 62.2 Å². The molecule has 1 aliphatic heterocycles. The largest absolute Gasteiger partial charge is 0.365 e. The van der Waals surface area contributed by atoms with Crippen molar-refractivity contribution in [2.75, 3.05) is 0 Å². The summed E-state index contributed by atoms with van der Waals surface area (Å²) in [7, 11) is 0. The molecule has 0 amide bonds. The van der Waals surface area contributed by atoms with Crippen LogP contribution in [-0.2, 0) is 11.2 Å². The highest BCUT2D eigenvalue weighted by atomic mass is 32.1. The molecule has 1 aliphatic rings. The topological polar surface area (TPSA) is 57.9 Å². The van der Waals surface area contributed by atoms with Crippen molar-refractivity contribution >= 4 is 23.0 Å². The van der Waals surface area contributed by atoms with E-state index in [-0.39, 0.29) is 17.8 Å². The van der Waals surface area contributed by atoms with Crippen molar-refractivity contribution in [2.24, 2.45) is 0 Å². The van der Waals surface area contributed by atoms with Crippen LogP contribution in [0.4, 0.5) is 0 Å². The minimum atomic E-state index is -0.387. The summed E-state index contributed by atoms with van der Waals surface area (Å²) in [5.74, 6) is 0. The third-order valence-electron chi connectivity index (χ3n) is 5.07. The fraction of sp³-hybridized carbons (Fsp3) is 0.333. The molecular formula is C21H22N2O2S. The van der Waals surface area contributed by atoms with Gasteiger partial charge in [-0.05, 0) is 35.0 Å². The molecule has 26 heavy (non-hydrogen) atoms. The third-order valence-corrected chi connectivity index (χ3v) is 5.27. The van der Waals surface area contributed by atoms with E-state index in [0.29, 0.717) is 16.8 Å². The van der Waals surface area contributed by atoms with Crippen molar-refractivity contribution in [3.63, 3.8) is 0 Å². The summed E-state index contributed by atoms with van der Waals surface area (Å²) in [6.07, 6.45) is 3.60. The Bertz CT molecular complexity index is 1050. The highest BCUT2D eigenvalue weighted by molar-refractivity contribution is 7.71. The second-order valence-electron chi connectivity index (χ2n) is 6.85. The van der Waals surface area contributed by atoms with Gasteiger partial charge in [0.1, 0.15) is 6.10 Å². The number of aromatic nitrogens is 2. The molecule has 0 saturated carbocycles. The zero-order chi connectivity index (χ0) is 18.1. The van der Waals surface area contributed by atoms with Gasteiger partial charge >= 0.3 is 0 Å². The van der Waals surface area contributed by atoms with Crippen LogP contribution < -0.4 is 5.56 Å². The monoisotopic (exact) mass is 366 g/mol. The predicted octanol–water partition coefficient (Wildman–Crippen LogP) is 4.81. The molecule has 0 spiro atoms. The summed E-state index contributed by atoms with van der Waals surface area (Å²) in [5, 5.41) is 2.26. The number of hydrogen-bond acceptors (Lipinski definition) is 3. The fourth-order valence-corrected chi connectivity index (χ4v) is 4.04. The highest BCUT2D eigenvalue weighted by Gasteiger charge is 2.32. The number of aromatic amines is 2. The lowest BCUT2D eigenvalue weighted by Crippen LogP contribution is -2.33. The Balaban J connectivity index is 1.89. The van der Waals surface area contributed by atoms with Crippen LogP contribution in [0.25, 0.3) is 10.8 Å². The van der Waals surface area contributed by atoms with Crippen LogP contribution in [0.1, 0.15) is 49.1 Å². The van der Waals surface area contributed by atoms with Crippen molar-refractivity contribution in [3.8, 4) is 0 Å². The van der Waals surface area contributed by atoms with Crippen LogP contribution in [0.15, 0.2) is 47.3 Å². The molecule has 2 heterocycles. The van der Waals surface area contributed by atoms with Gasteiger partial charge in [-0.25, -0.2) is 0 Å². The van der Waals surface area contributed by atoms with Gasteiger partial charge in [-0.15, -0.1) is 0 Å². The van der Waals surface area contributed by atoms with E-state index in [1.54, 1.807) is 0 Å². The van der Waals surface area contributed by atoms with Crippen LogP contribution in [0.3, 0.4) is 0 Å². The minimum Gasteiger partial charge on any atom is -0.365 e. The molecule has 2 unspecified atom stereocenters. The molecular weight excluding hydrogens is 344 g/mol. The number of nitrogens with one attached hydrogen (secondary N) is 2. The molecule has 5 heteroatoms. The molecule has 134 valence electrons. The van der Waals surface area contributed by atoms with E-state index < -0.39 is 0 Å². The van der Waals surface area contributed by atoms with Gasteiger partial charge in [0.05, 0.1) is 11.7 Å². The number of H-pyrrole nitrogens is 2. The highest BCUT2D eigenvalue weighted by Crippen LogP contribution is 2.37. The SMILES string of the molecule is CCCCC1Cc2[nH]c(=S)[nH]c(=O)c2C(c2cccc3ccccc23)O1. The molecule has 1 aromatic heterocycles. The summed E-state index contributed by atoms with van der Waals surface area (Å²) < 4.78 is 6.83. The number of hydrogen-bond donors (Lipinski definition) is 2. The van der Waals surface area contributed by atoms with Gasteiger partial charge < -0.3 is 9.72 Å². The summed E-state index contributed by atoms with van der Waals surface area (Å²) in [4.78, 5) is 18.6. The number of ether oxygens (including phenoxy) is 1. The van der Waals surface area contributed by atoms with Gasteiger partial charge in [0, 0.05) is 12.1 Å². The Labute approximate surface area is 157 Å². The summed E-state index contributed by atoms with van der Waals surface area (Å²) >= 11 is 5.19. The van der Waals surface area contributed by atoms with Crippen LogP contribution in [0.2, 0.25) is 0 Å². The smallest absolute Gasteiger partial charge is 0.258 e. The molecule has 2 atom stereocenters. The maximum Gasteiger partial charge on any atom is 0.258 e. The Morgan fingerprint density at radius 3 is 2.81 bits per heavy atom. The Morgan fingerprint density at radius 1 is 1.15 bits per heavy atom. The van der Waals surface area contributed by atoms with Gasteiger partial charge in [-0.2, -0.15) is 0 Å².